The normalized spacial score (nSPS) is 10.5. The molecule has 78 valence electrons. The second kappa shape index (κ2) is 3.61. The van der Waals surface area contributed by atoms with Crippen molar-refractivity contribution >= 4 is 17.3 Å². The lowest BCUT2D eigenvalue weighted by molar-refractivity contribution is -0.139. The molecule has 0 radical (unpaired) electrons. The monoisotopic (exact) mass is 205 g/mol. The van der Waals surface area contributed by atoms with Crippen LogP contribution in [0.5, 0.6) is 0 Å². The molecule has 0 fully saturated rings. The number of esters is 1. The van der Waals surface area contributed by atoms with E-state index in [1.807, 2.05) is 0 Å². The molecule has 0 saturated carbocycles. The summed E-state index contributed by atoms with van der Waals surface area (Å²) in [5.41, 5.74) is 7.72. The lowest BCUT2D eigenvalue weighted by Crippen LogP contribution is -2.04. The largest absolute Gasteiger partial charge is 0.469 e. The number of fused-ring (bicyclic) bond motifs is 1. The Bertz CT molecular complexity index is 504. The van der Waals surface area contributed by atoms with Gasteiger partial charge in [0.1, 0.15) is 5.65 Å². The molecule has 0 aliphatic heterocycles. The number of pyridine rings is 1. The number of rotatable bonds is 2. The lowest BCUT2D eigenvalue weighted by atomic mass is 10.3. The Morgan fingerprint density at radius 1 is 1.53 bits per heavy atom. The minimum absolute atomic E-state index is 0.179. The van der Waals surface area contributed by atoms with E-state index in [9.17, 15) is 4.79 Å². The summed E-state index contributed by atoms with van der Waals surface area (Å²) in [5.74, 6) is -0.300. The zero-order chi connectivity index (χ0) is 10.8. The number of carbonyl (C=O) groups excluding carboxylic acids is 1. The van der Waals surface area contributed by atoms with Gasteiger partial charge in [-0.25, -0.2) is 4.98 Å². The Morgan fingerprint density at radius 3 is 3.07 bits per heavy atom. The molecule has 5 heteroatoms. The van der Waals surface area contributed by atoms with Crippen LogP contribution in [0.4, 0.5) is 5.69 Å². The van der Waals surface area contributed by atoms with Crippen LogP contribution in [0, 0.1) is 0 Å². The summed E-state index contributed by atoms with van der Waals surface area (Å²) < 4.78 is 6.35. The van der Waals surface area contributed by atoms with Crippen LogP contribution < -0.4 is 5.73 Å². The van der Waals surface area contributed by atoms with E-state index in [4.69, 9.17) is 5.73 Å². The highest BCUT2D eigenvalue weighted by Crippen LogP contribution is 2.09. The fraction of sp³-hybridized carbons (Fsp3) is 0.200. The number of aromatic nitrogens is 2. The van der Waals surface area contributed by atoms with Crippen LogP contribution in [0.3, 0.4) is 0 Å². The molecule has 0 aliphatic carbocycles. The van der Waals surface area contributed by atoms with Crippen LogP contribution in [0.1, 0.15) is 5.69 Å². The second-order valence-electron chi connectivity index (χ2n) is 3.21. The Hall–Kier alpha value is -2.04. The molecular formula is C10H11N3O2. The van der Waals surface area contributed by atoms with E-state index in [0.717, 1.165) is 5.65 Å². The van der Waals surface area contributed by atoms with E-state index in [2.05, 4.69) is 9.72 Å². The summed E-state index contributed by atoms with van der Waals surface area (Å²) in [6.45, 7) is 0. The maximum atomic E-state index is 11.0. The maximum absolute atomic E-state index is 11.0. The number of anilines is 1. The fourth-order valence-corrected chi connectivity index (χ4v) is 1.37. The molecule has 0 aromatic carbocycles. The summed E-state index contributed by atoms with van der Waals surface area (Å²) >= 11 is 0. The number of imidazole rings is 1. The van der Waals surface area contributed by atoms with Gasteiger partial charge in [-0.3, -0.25) is 4.79 Å². The molecule has 15 heavy (non-hydrogen) atoms. The van der Waals surface area contributed by atoms with Gasteiger partial charge in [-0.1, -0.05) is 0 Å². The summed E-state index contributed by atoms with van der Waals surface area (Å²) in [5, 5.41) is 0. The molecule has 2 rings (SSSR count). The van der Waals surface area contributed by atoms with Crippen LogP contribution in [0.25, 0.3) is 5.65 Å². The van der Waals surface area contributed by atoms with Crippen LogP contribution in [-0.4, -0.2) is 22.5 Å². The molecule has 2 aromatic heterocycles. The van der Waals surface area contributed by atoms with Gasteiger partial charge in [-0.2, -0.15) is 0 Å². The molecule has 0 spiro atoms. The van der Waals surface area contributed by atoms with Crippen molar-refractivity contribution in [1.29, 1.82) is 0 Å². The standard InChI is InChI=1S/C10H11N3O2/c1-15-10(14)4-8-6-13-5-7(11)2-3-9(13)12-8/h2-3,5-6H,4,11H2,1H3. The first-order chi connectivity index (χ1) is 7.19. The predicted molar refractivity (Wildman–Crippen MR) is 55.3 cm³/mol. The fourth-order valence-electron chi connectivity index (χ4n) is 1.37. The number of nitrogens with two attached hydrogens (primary N) is 1. The van der Waals surface area contributed by atoms with Gasteiger partial charge in [0, 0.05) is 18.1 Å². The number of methoxy groups -OCH3 is 1. The number of nitrogen functional groups attached to an aromatic ring is 1. The minimum atomic E-state index is -0.300. The number of nitrogens with zero attached hydrogens (tertiary/aromatic N) is 2. The molecule has 2 aromatic rings. The molecule has 2 heterocycles. The van der Waals surface area contributed by atoms with Gasteiger partial charge in [0.25, 0.3) is 0 Å². The van der Waals surface area contributed by atoms with Gasteiger partial charge >= 0.3 is 5.97 Å². The van der Waals surface area contributed by atoms with E-state index in [0.29, 0.717) is 11.4 Å². The zero-order valence-corrected chi connectivity index (χ0v) is 8.30. The van der Waals surface area contributed by atoms with Crippen LogP contribution in [0.15, 0.2) is 24.5 Å². The van der Waals surface area contributed by atoms with Gasteiger partial charge in [0.2, 0.25) is 0 Å². The van der Waals surface area contributed by atoms with Crippen LogP contribution in [-0.2, 0) is 16.0 Å². The number of hydrogen-bond acceptors (Lipinski definition) is 4. The molecule has 0 aliphatic rings. The first-order valence-corrected chi connectivity index (χ1v) is 4.49. The van der Waals surface area contributed by atoms with Crippen molar-refractivity contribution < 1.29 is 9.53 Å². The Morgan fingerprint density at radius 2 is 2.33 bits per heavy atom. The minimum Gasteiger partial charge on any atom is -0.469 e. The summed E-state index contributed by atoms with van der Waals surface area (Å²) in [4.78, 5) is 15.3. The van der Waals surface area contributed by atoms with Crippen molar-refractivity contribution in [3.05, 3.63) is 30.2 Å². The van der Waals surface area contributed by atoms with Crippen molar-refractivity contribution in [2.24, 2.45) is 0 Å². The van der Waals surface area contributed by atoms with E-state index in [1.165, 1.54) is 7.11 Å². The van der Waals surface area contributed by atoms with Gasteiger partial charge < -0.3 is 14.9 Å². The van der Waals surface area contributed by atoms with Crippen molar-refractivity contribution in [3.8, 4) is 0 Å². The second-order valence-corrected chi connectivity index (χ2v) is 3.21. The molecule has 5 nitrogen and oxygen atoms in total. The molecule has 0 saturated heterocycles. The molecule has 0 bridgehead atoms. The number of hydrogen-bond donors (Lipinski definition) is 1. The highest BCUT2D eigenvalue weighted by molar-refractivity contribution is 5.72. The van der Waals surface area contributed by atoms with Crippen molar-refractivity contribution in [3.63, 3.8) is 0 Å². The lowest BCUT2D eigenvalue weighted by Gasteiger charge is -1.93. The van der Waals surface area contributed by atoms with E-state index in [1.54, 1.807) is 28.9 Å². The average molecular weight is 205 g/mol. The summed E-state index contributed by atoms with van der Waals surface area (Å²) in [7, 11) is 1.36. The van der Waals surface area contributed by atoms with E-state index in [-0.39, 0.29) is 12.4 Å². The predicted octanol–water partition coefficient (Wildman–Crippen LogP) is 0.632. The van der Waals surface area contributed by atoms with E-state index >= 15 is 0 Å². The first-order valence-electron chi connectivity index (χ1n) is 4.49. The van der Waals surface area contributed by atoms with Gasteiger partial charge in [0.15, 0.2) is 0 Å². The topological polar surface area (TPSA) is 69.6 Å². The molecular weight excluding hydrogens is 194 g/mol. The van der Waals surface area contributed by atoms with Crippen molar-refractivity contribution in [2.45, 2.75) is 6.42 Å². The number of ether oxygens (including phenoxy) is 1. The Labute approximate surface area is 86.5 Å². The third-order valence-corrected chi connectivity index (χ3v) is 2.08. The average Bonchev–Trinajstić information content (AvgIpc) is 2.59. The van der Waals surface area contributed by atoms with Crippen LogP contribution in [0.2, 0.25) is 0 Å². The van der Waals surface area contributed by atoms with Crippen LogP contribution >= 0.6 is 0 Å². The molecule has 0 atom stereocenters. The quantitative estimate of drug-likeness (QED) is 0.730. The smallest absolute Gasteiger partial charge is 0.311 e. The third kappa shape index (κ3) is 1.90. The SMILES string of the molecule is COC(=O)Cc1cn2cc(N)ccc2n1. The highest BCUT2D eigenvalue weighted by Gasteiger charge is 2.07. The third-order valence-electron chi connectivity index (χ3n) is 2.08. The Balaban J connectivity index is 2.34. The maximum Gasteiger partial charge on any atom is 0.311 e. The van der Waals surface area contributed by atoms with Gasteiger partial charge in [0.05, 0.1) is 19.2 Å². The summed E-state index contributed by atoms with van der Waals surface area (Å²) in [6, 6.07) is 3.57. The highest BCUT2D eigenvalue weighted by atomic mass is 16.5. The van der Waals surface area contributed by atoms with Crippen molar-refractivity contribution in [2.75, 3.05) is 12.8 Å². The molecule has 0 amide bonds. The first kappa shape index (κ1) is 9.51. The van der Waals surface area contributed by atoms with Gasteiger partial charge in [-0.15, -0.1) is 0 Å². The molecule has 2 N–H and O–H groups in total. The summed E-state index contributed by atoms with van der Waals surface area (Å²) in [6.07, 6.45) is 3.70. The van der Waals surface area contributed by atoms with E-state index < -0.39 is 0 Å². The number of carbonyl (C=O) groups is 1. The molecule has 0 unspecified atom stereocenters. The van der Waals surface area contributed by atoms with Gasteiger partial charge in [-0.05, 0) is 12.1 Å². The zero-order valence-electron chi connectivity index (χ0n) is 8.30. The Kier molecular flexibility index (Phi) is 2.29. The van der Waals surface area contributed by atoms with Crippen molar-refractivity contribution in [1.82, 2.24) is 9.38 Å².